The standard InChI is InChI=1S/C22H16F2O4/c1-27-21-11-6-16(12-19(21)24)20(25)13-28-18-9-4-15(5-10-18)22(26)14-2-7-17(23)8-3-14/h2-12H,13H2,1H3. The zero-order valence-corrected chi connectivity index (χ0v) is 14.9. The van der Waals surface area contributed by atoms with Crippen LogP contribution < -0.4 is 9.47 Å². The van der Waals surface area contributed by atoms with Gasteiger partial charge in [-0.3, -0.25) is 9.59 Å². The van der Waals surface area contributed by atoms with Crippen molar-refractivity contribution >= 4 is 11.6 Å². The molecular formula is C22H16F2O4. The number of rotatable bonds is 7. The Morgan fingerprint density at radius 1 is 0.821 bits per heavy atom. The Morgan fingerprint density at radius 3 is 1.96 bits per heavy atom. The molecule has 0 atom stereocenters. The van der Waals surface area contributed by atoms with E-state index in [-0.39, 0.29) is 23.7 Å². The van der Waals surface area contributed by atoms with Gasteiger partial charge in [0.05, 0.1) is 7.11 Å². The Morgan fingerprint density at radius 2 is 1.39 bits per heavy atom. The van der Waals surface area contributed by atoms with E-state index in [0.717, 1.165) is 6.07 Å². The van der Waals surface area contributed by atoms with Crippen LogP contribution in [0.3, 0.4) is 0 Å². The smallest absolute Gasteiger partial charge is 0.200 e. The fraction of sp³-hybridized carbons (Fsp3) is 0.0909. The maximum Gasteiger partial charge on any atom is 0.200 e. The molecule has 0 spiro atoms. The van der Waals surface area contributed by atoms with Crippen LogP contribution in [0.2, 0.25) is 0 Å². The third kappa shape index (κ3) is 4.40. The van der Waals surface area contributed by atoms with Crippen LogP contribution in [-0.4, -0.2) is 25.3 Å². The molecule has 0 heterocycles. The first kappa shape index (κ1) is 19.2. The van der Waals surface area contributed by atoms with E-state index in [0.29, 0.717) is 16.9 Å². The molecule has 0 aromatic heterocycles. The van der Waals surface area contributed by atoms with Gasteiger partial charge in [0.1, 0.15) is 11.6 Å². The summed E-state index contributed by atoms with van der Waals surface area (Å²) >= 11 is 0. The van der Waals surface area contributed by atoms with Crippen LogP contribution in [0.5, 0.6) is 11.5 Å². The molecule has 0 aliphatic rings. The van der Waals surface area contributed by atoms with E-state index < -0.39 is 17.4 Å². The second-order valence-corrected chi connectivity index (χ2v) is 5.92. The van der Waals surface area contributed by atoms with Crippen molar-refractivity contribution in [1.82, 2.24) is 0 Å². The molecule has 0 unspecified atom stereocenters. The Bertz CT molecular complexity index is 996. The first-order valence-electron chi connectivity index (χ1n) is 8.38. The molecule has 0 N–H and O–H groups in total. The highest BCUT2D eigenvalue weighted by Crippen LogP contribution is 2.19. The fourth-order valence-electron chi connectivity index (χ4n) is 2.54. The van der Waals surface area contributed by atoms with E-state index >= 15 is 0 Å². The normalized spacial score (nSPS) is 10.4. The van der Waals surface area contributed by atoms with E-state index in [1.54, 1.807) is 24.3 Å². The molecule has 0 amide bonds. The lowest BCUT2D eigenvalue weighted by Crippen LogP contribution is -2.12. The first-order valence-corrected chi connectivity index (χ1v) is 8.38. The van der Waals surface area contributed by atoms with Crippen LogP contribution in [0.4, 0.5) is 8.78 Å². The van der Waals surface area contributed by atoms with Gasteiger partial charge < -0.3 is 9.47 Å². The monoisotopic (exact) mass is 382 g/mol. The molecule has 0 fully saturated rings. The maximum absolute atomic E-state index is 13.7. The number of hydrogen-bond donors (Lipinski definition) is 0. The minimum absolute atomic E-state index is 0.0545. The molecule has 3 aromatic rings. The van der Waals surface area contributed by atoms with E-state index in [1.165, 1.54) is 43.5 Å². The number of ketones is 2. The topological polar surface area (TPSA) is 52.6 Å². The van der Waals surface area contributed by atoms with Crippen molar-refractivity contribution in [3.8, 4) is 11.5 Å². The van der Waals surface area contributed by atoms with Gasteiger partial charge in [-0.2, -0.15) is 0 Å². The molecule has 3 aromatic carbocycles. The third-order valence-corrected chi connectivity index (χ3v) is 4.07. The second kappa shape index (κ2) is 8.43. The number of methoxy groups -OCH3 is 1. The lowest BCUT2D eigenvalue weighted by Gasteiger charge is -2.08. The Kier molecular flexibility index (Phi) is 5.79. The highest BCUT2D eigenvalue weighted by molar-refractivity contribution is 6.09. The summed E-state index contributed by atoms with van der Waals surface area (Å²) in [5.74, 6) is -1.25. The number of carbonyl (C=O) groups is 2. The van der Waals surface area contributed by atoms with Crippen molar-refractivity contribution in [2.45, 2.75) is 0 Å². The van der Waals surface area contributed by atoms with Crippen molar-refractivity contribution < 1.29 is 27.8 Å². The van der Waals surface area contributed by atoms with Gasteiger partial charge >= 0.3 is 0 Å². The van der Waals surface area contributed by atoms with E-state index in [1.807, 2.05) is 0 Å². The summed E-state index contributed by atoms with van der Waals surface area (Å²) in [6.07, 6.45) is 0. The number of benzene rings is 3. The summed E-state index contributed by atoms with van der Waals surface area (Å²) in [4.78, 5) is 24.5. The van der Waals surface area contributed by atoms with Crippen molar-refractivity contribution in [3.05, 3.63) is 95.1 Å². The highest BCUT2D eigenvalue weighted by Gasteiger charge is 2.12. The molecule has 0 saturated carbocycles. The Hall–Kier alpha value is -3.54. The summed E-state index contributed by atoms with van der Waals surface area (Å²) in [6.45, 7) is -0.281. The molecule has 3 rings (SSSR count). The first-order chi connectivity index (χ1) is 13.5. The number of halogens is 2. The van der Waals surface area contributed by atoms with E-state index in [9.17, 15) is 18.4 Å². The predicted octanol–water partition coefficient (Wildman–Crippen LogP) is 4.47. The van der Waals surface area contributed by atoms with Crippen molar-refractivity contribution in [1.29, 1.82) is 0 Å². The number of hydrogen-bond acceptors (Lipinski definition) is 4. The lowest BCUT2D eigenvalue weighted by molar-refractivity contribution is 0.0920. The third-order valence-electron chi connectivity index (χ3n) is 4.07. The van der Waals surface area contributed by atoms with Crippen LogP contribution in [0, 0.1) is 11.6 Å². The molecule has 0 radical (unpaired) electrons. The van der Waals surface area contributed by atoms with Crippen molar-refractivity contribution in [3.63, 3.8) is 0 Å². The van der Waals surface area contributed by atoms with Crippen LogP contribution in [0.25, 0.3) is 0 Å². The van der Waals surface area contributed by atoms with Gasteiger partial charge in [0.2, 0.25) is 0 Å². The summed E-state index contributed by atoms with van der Waals surface area (Å²) in [6, 6.07) is 15.4. The quantitative estimate of drug-likeness (QED) is 0.566. The SMILES string of the molecule is COc1ccc(C(=O)COc2ccc(C(=O)c3ccc(F)cc3)cc2)cc1F. The average molecular weight is 382 g/mol. The zero-order valence-electron chi connectivity index (χ0n) is 14.9. The molecule has 142 valence electrons. The van der Waals surface area contributed by atoms with Gasteiger partial charge in [-0.25, -0.2) is 8.78 Å². The number of ether oxygens (including phenoxy) is 2. The van der Waals surface area contributed by atoms with E-state index in [2.05, 4.69) is 0 Å². The van der Waals surface area contributed by atoms with Crippen molar-refractivity contribution in [2.24, 2.45) is 0 Å². The Balaban J connectivity index is 1.62. The molecule has 0 aliphatic heterocycles. The molecule has 6 heteroatoms. The van der Waals surface area contributed by atoms with Crippen LogP contribution in [0.1, 0.15) is 26.3 Å². The van der Waals surface area contributed by atoms with Gasteiger partial charge in [0.15, 0.2) is 29.7 Å². The van der Waals surface area contributed by atoms with Gasteiger partial charge in [0, 0.05) is 16.7 Å². The maximum atomic E-state index is 13.7. The molecular weight excluding hydrogens is 366 g/mol. The summed E-state index contributed by atoms with van der Waals surface area (Å²) in [5.41, 5.74) is 0.940. The largest absolute Gasteiger partial charge is 0.494 e. The van der Waals surface area contributed by atoms with Crippen LogP contribution in [0.15, 0.2) is 66.7 Å². The minimum Gasteiger partial charge on any atom is -0.494 e. The number of Topliss-reactive ketones (excluding diaryl/α,β-unsaturated/α-hetero) is 1. The molecule has 0 aliphatic carbocycles. The molecule has 4 nitrogen and oxygen atoms in total. The molecule has 0 bridgehead atoms. The van der Waals surface area contributed by atoms with Gasteiger partial charge in [-0.1, -0.05) is 0 Å². The summed E-state index contributed by atoms with van der Waals surface area (Å²) < 4.78 is 36.9. The predicted molar refractivity (Wildman–Crippen MR) is 99.1 cm³/mol. The average Bonchev–Trinajstić information content (AvgIpc) is 2.72. The van der Waals surface area contributed by atoms with Crippen LogP contribution >= 0.6 is 0 Å². The fourth-order valence-corrected chi connectivity index (χ4v) is 2.54. The summed E-state index contributed by atoms with van der Waals surface area (Å²) in [5, 5.41) is 0. The lowest BCUT2D eigenvalue weighted by atomic mass is 10.0. The van der Waals surface area contributed by atoms with Gasteiger partial charge in [-0.15, -0.1) is 0 Å². The van der Waals surface area contributed by atoms with Crippen molar-refractivity contribution in [2.75, 3.05) is 13.7 Å². The summed E-state index contributed by atoms with van der Waals surface area (Å²) in [7, 11) is 1.34. The van der Waals surface area contributed by atoms with Gasteiger partial charge in [-0.05, 0) is 66.7 Å². The Labute approximate surface area is 160 Å². The molecule has 28 heavy (non-hydrogen) atoms. The number of carbonyl (C=O) groups excluding carboxylic acids is 2. The molecule has 0 saturated heterocycles. The minimum atomic E-state index is -0.628. The van der Waals surface area contributed by atoms with E-state index in [4.69, 9.17) is 9.47 Å². The van der Waals surface area contributed by atoms with Crippen LogP contribution in [-0.2, 0) is 0 Å². The highest BCUT2D eigenvalue weighted by atomic mass is 19.1. The second-order valence-electron chi connectivity index (χ2n) is 5.92. The van der Waals surface area contributed by atoms with Gasteiger partial charge in [0.25, 0.3) is 0 Å². The zero-order chi connectivity index (χ0) is 20.1.